The van der Waals surface area contributed by atoms with Gasteiger partial charge in [-0.05, 0) is 35.2 Å². The maximum atomic E-state index is 12.8. The molecule has 1 amide bonds. The fraction of sp³-hybridized carbons (Fsp3) is 0.350. The maximum absolute atomic E-state index is 12.8. The van der Waals surface area contributed by atoms with Crippen molar-refractivity contribution < 1.29 is 4.79 Å². The lowest BCUT2D eigenvalue weighted by atomic mass is 9.90. The molecule has 1 fully saturated rings. The Kier molecular flexibility index (Phi) is 4.54. The Bertz CT molecular complexity index is 775. The summed E-state index contributed by atoms with van der Waals surface area (Å²) < 4.78 is 0. The second-order valence-corrected chi connectivity index (χ2v) is 8.08. The Balaban J connectivity index is 1.47. The summed E-state index contributed by atoms with van der Waals surface area (Å²) >= 11 is 1.84. The van der Waals surface area contributed by atoms with Crippen LogP contribution in [0.4, 0.5) is 5.69 Å². The molecule has 0 aliphatic carbocycles. The highest BCUT2D eigenvalue weighted by Crippen LogP contribution is 2.42. The third-order valence-corrected chi connectivity index (χ3v) is 6.30. The minimum atomic E-state index is -0.226. The van der Waals surface area contributed by atoms with Crippen LogP contribution in [0.2, 0.25) is 0 Å². The van der Waals surface area contributed by atoms with E-state index >= 15 is 0 Å². The number of rotatable bonds is 3. The van der Waals surface area contributed by atoms with Gasteiger partial charge in [0.1, 0.15) is 6.04 Å². The monoisotopic (exact) mass is 353 g/mol. The molecule has 3 unspecified atom stereocenters. The van der Waals surface area contributed by atoms with E-state index in [4.69, 9.17) is 0 Å². The lowest BCUT2D eigenvalue weighted by Gasteiger charge is -2.28. The van der Waals surface area contributed by atoms with Crippen molar-refractivity contribution in [2.24, 2.45) is 5.92 Å². The normalized spacial score (nSPS) is 24.7. The number of amides is 1. The standard InChI is InChI=1S/C20H23N3OS/c1-12(2)13-7-9-14(10-8-13)21-20(24)19-16-11-25-17-6-4-3-5-15(17)18(16)22-23-19/h3-10,12,16,18-19,22-23H,11H2,1-2H3,(H,21,24). The molecule has 5 heteroatoms. The lowest BCUT2D eigenvalue weighted by molar-refractivity contribution is -0.118. The van der Waals surface area contributed by atoms with Crippen LogP contribution in [0.15, 0.2) is 53.4 Å². The zero-order valence-electron chi connectivity index (χ0n) is 14.5. The Morgan fingerprint density at radius 2 is 1.88 bits per heavy atom. The summed E-state index contributed by atoms with van der Waals surface area (Å²) in [5, 5.41) is 3.06. The lowest BCUT2D eigenvalue weighted by Crippen LogP contribution is -2.42. The molecule has 2 aliphatic heterocycles. The van der Waals surface area contributed by atoms with E-state index < -0.39 is 0 Å². The smallest absolute Gasteiger partial charge is 0.243 e. The summed E-state index contributed by atoms with van der Waals surface area (Å²) in [6.45, 7) is 4.33. The summed E-state index contributed by atoms with van der Waals surface area (Å²) in [6.07, 6.45) is 0. The van der Waals surface area contributed by atoms with Crippen LogP contribution < -0.4 is 16.2 Å². The van der Waals surface area contributed by atoms with Gasteiger partial charge in [-0.2, -0.15) is 0 Å². The number of hydrogen-bond donors (Lipinski definition) is 3. The largest absolute Gasteiger partial charge is 0.325 e. The number of carbonyl (C=O) groups is 1. The van der Waals surface area contributed by atoms with E-state index in [-0.39, 0.29) is 23.9 Å². The van der Waals surface area contributed by atoms with Gasteiger partial charge in [0.05, 0.1) is 6.04 Å². The van der Waals surface area contributed by atoms with E-state index in [1.54, 1.807) is 0 Å². The predicted octanol–water partition coefficient (Wildman–Crippen LogP) is 3.69. The van der Waals surface area contributed by atoms with Gasteiger partial charge in [0.15, 0.2) is 0 Å². The van der Waals surface area contributed by atoms with Crippen LogP contribution in [0, 0.1) is 5.92 Å². The van der Waals surface area contributed by atoms with Gasteiger partial charge in [0.2, 0.25) is 5.91 Å². The topological polar surface area (TPSA) is 53.2 Å². The fourth-order valence-electron chi connectivity index (χ4n) is 3.57. The van der Waals surface area contributed by atoms with Gasteiger partial charge in [-0.3, -0.25) is 4.79 Å². The highest BCUT2D eigenvalue weighted by atomic mass is 32.2. The Labute approximate surface area is 152 Å². The molecule has 4 nitrogen and oxygen atoms in total. The Morgan fingerprint density at radius 1 is 1.12 bits per heavy atom. The van der Waals surface area contributed by atoms with Gasteiger partial charge in [-0.15, -0.1) is 11.8 Å². The van der Waals surface area contributed by atoms with Crippen molar-refractivity contribution >= 4 is 23.4 Å². The van der Waals surface area contributed by atoms with Crippen molar-refractivity contribution in [3.05, 3.63) is 59.7 Å². The van der Waals surface area contributed by atoms with Gasteiger partial charge >= 0.3 is 0 Å². The van der Waals surface area contributed by atoms with Gasteiger partial charge in [0, 0.05) is 22.3 Å². The third-order valence-electron chi connectivity index (χ3n) is 5.06. The molecule has 25 heavy (non-hydrogen) atoms. The average molecular weight is 353 g/mol. The molecular formula is C20H23N3OS. The van der Waals surface area contributed by atoms with Crippen molar-refractivity contribution in [1.29, 1.82) is 0 Å². The van der Waals surface area contributed by atoms with Gasteiger partial charge in [0.25, 0.3) is 0 Å². The van der Waals surface area contributed by atoms with Crippen molar-refractivity contribution in [1.82, 2.24) is 10.9 Å². The molecule has 0 aromatic heterocycles. The Hall–Kier alpha value is -1.82. The van der Waals surface area contributed by atoms with Crippen LogP contribution in [-0.2, 0) is 4.79 Å². The molecule has 3 N–H and O–H groups in total. The van der Waals surface area contributed by atoms with E-state index in [9.17, 15) is 4.79 Å². The van der Waals surface area contributed by atoms with Crippen LogP contribution >= 0.6 is 11.8 Å². The molecule has 0 saturated carbocycles. The van der Waals surface area contributed by atoms with E-state index in [0.717, 1.165) is 11.4 Å². The minimum Gasteiger partial charge on any atom is -0.325 e. The number of anilines is 1. The van der Waals surface area contributed by atoms with Crippen molar-refractivity contribution in [3.63, 3.8) is 0 Å². The molecule has 2 aliphatic rings. The summed E-state index contributed by atoms with van der Waals surface area (Å²) in [6, 6.07) is 16.5. The summed E-state index contributed by atoms with van der Waals surface area (Å²) in [5.74, 6) is 1.70. The number of carbonyl (C=O) groups excluding carboxylic acids is 1. The second-order valence-electron chi connectivity index (χ2n) is 7.02. The van der Waals surface area contributed by atoms with E-state index in [0.29, 0.717) is 5.92 Å². The molecule has 0 spiro atoms. The highest BCUT2D eigenvalue weighted by molar-refractivity contribution is 7.99. The first kappa shape index (κ1) is 16.6. The number of hydrogen-bond acceptors (Lipinski definition) is 4. The summed E-state index contributed by atoms with van der Waals surface area (Å²) in [4.78, 5) is 14.1. The van der Waals surface area contributed by atoms with Crippen molar-refractivity contribution in [2.75, 3.05) is 11.1 Å². The van der Waals surface area contributed by atoms with Crippen molar-refractivity contribution in [3.8, 4) is 0 Å². The van der Waals surface area contributed by atoms with Crippen LogP contribution in [-0.4, -0.2) is 17.7 Å². The minimum absolute atomic E-state index is 0.0253. The molecule has 2 aromatic rings. The molecule has 130 valence electrons. The summed E-state index contributed by atoms with van der Waals surface area (Å²) in [7, 11) is 0. The van der Waals surface area contributed by atoms with E-state index in [2.05, 4.69) is 66.4 Å². The van der Waals surface area contributed by atoms with Crippen LogP contribution in [0.5, 0.6) is 0 Å². The van der Waals surface area contributed by atoms with Crippen LogP contribution in [0.3, 0.4) is 0 Å². The fourth-order valence-corrected chi connectivity index (χ4v) is 4.87. The number of nitrogens with one attached hydrogen (secondary N) is 3. The van der Waals surface area contributed by atoms with Gasteiger partial charge in [-0.25, -0.2) is 10.9 Å². The number of thioether (sulfide) groups is 1. The van der Waals surface area contributed by atoms with E-state index in [1.807, 2.05) is 23.9 Å². The van der Waals surface area contributed by atoms with E-state index in [1.165, 1.54) is 16.0 Å². The zero-order valence-corrected chi connectivity index (χ0v) is 15.3. The first-order chi connectivity index (χ1) is 12.1. The number of benzene rings is 2. The Morgan fingerprint density at radius 3 is 2.64 bits per heavy atom. The van der Waals surface area contributed by atoms with Crippen molar-refractivity contribution in [2.45, 2.75) is 36.7 Å². The molecule has 2 aromatic carbocycles. The quantitative estimate of drug-likeness (QED) is 0.788. The second kappa shape index (κ2) is 6.83. The predicted molar refractivity (Wildman–Crippen MR) is 103 cm³/mol. The van der Waals surface area contributed by atoms with Crippen LogP contribution in [0.25, 0.3) is 0 Å². The maximum Gasteiger partial charge on any atom is 0.243 e. The molecule has 2 heterocycles. The van der Waals surface area contributed by atoms with Gasteiger partial charge in [-0.1, -0.05) is 44.2 Å². The van der Waals surface area contributed by atoms with Crippen LogP contribution in [0.1, 0.15) is 36.9 Å². The van der Waals surface area contributed by atoms with Gasteiger partial charge < -0.3 is 5.32 Å². The molecule has 4 rings (SSSR count). The number of hydrazine groups is 1. The molecular weight excluding hydrogens is 330 g/mol. The number of fused-ring (bicyclic) bond motifs is 3. The highest BCUT2D eigenvalue weighted by Gasteiger charge is 2.43. The molecule has 0 radical (unpaired) electrons. The molecule has 0 bridgehead atoms. The zero-order chi connectivity index (χ0) is 17.4. The molecule has 3 atom stereocenters. The molecule has 1 saturated heterocycles. The first-order valence-electron chi connectivity index (χ1n) is 8.77. The third kappa shape index (κ3) is 3.19. The SMILES string of the molecule is CC(C)c1ccc(NC(=O)C2NNC3c4ccccc4SCC23)cc1. The summed E-state index contributed by atoms with van der Waals surface area (Å²) in [5.41, 5.74) is 9.96. The average Bonchev–Trinajstić information content (AvgIpc) is 3.07. The first-order valence-corrected chi connectivity index (χ1v) is 9.75.